The normalized spacial score (nSPS) is 20.7. The van der Waals surface area contributed by atoms with Crippen LogP contribution in [0.15, 0.2) is 23.1 Å². The number of piperidine rings is 1. The summed E-state index contributed by atoms with van der Waals surface area (Å²) in [6.07, 6.45) is 2.54. The van der Waals surface area contributed by atoms with Gasteiger partial charge in [0.1, 0.15) is 4.90 Å². The zero-order valence-corrected chi connectivity index (χ0v) is 14.6. The molecule has 2 rings (SSSR count). The summed E-state index contributed by atoms with van der Waals surface area (Å²) in [5, 5.41) is 8.91. The average Bonchev–Trinajstić information content (AvgIpc) is 2.46. The number of hydrogen-bond donors (Lipinski definition) is 1. The van der Waals surface area contributed by atoms with Crippen LogP contribution in [-0.2, 0) is 10.0 Å². The van der Waals surface area contributed by atoms with E-state index in [0.29, 0.717) is 12.1 Å². The molecule has 2 N–H and O–H groups in total. The monoisotopic (exact) mass is 363 g/mol. The molecule has 2 atom stereocenters. The largest absolute Gasteiger partial charge is 0.326 e. The van der Waals surface area contributed by atoms with Crippen molar-refractivity contribution in [1.29, 1.82) is 5.26 Å². The van der Waals surface area contributed by atoms with E-state index in [1.54, 1.807) is 0 Å². The highest BCUT2D eigenvalue weighted by molar-refractivity contribution is 7.89. The summed E-state index contributed by atoms with van der Waals surface area (Å²) in [5.41, 5.74) is 6.27. The number of nitriles is 1. The third-order valence-electron chi connectivity index (χ3n) is 3.75. The summed E-state index contributed by atoms with van der Waals surface area (Å²) >= 11 is 6.05. The summed E-state index contributed by atoms with van der Waals surface area (Å²) in [6.45, 7) is 2.27. The highest BCUT2D eigenvalue weighted by Crippen LogP contribution is 2.30. The first-order chi connectivity index (χ1) is 9.87. The van der Waals surface area contributed by atoms with E-state index in [4.69, 9.17) is 22.6 Å². The molecule has 1 saturated heterocycles. The van der Waals surface area contributed by atoms with Crippen LogP contribution in [0.5, 0.6) is 0 Å². The van der Waals surface area contributed by atoms with Crippen LogP contribution in [0.4, 0.5) is 0 Å². The number of rotatable bonds is 3. The molecule has 1 aromatic carbocycles. The van der Waals surface area contributed by atoms with Crippen molar-refractivity contribution in [3.8, 4) is 6.07 Å². The molecule has 0 bridgehead atoms. The van der Waals surface area contributed by atoms with E-state index in [2.05, 4.69) is 0 Å². The third-order valence-corrected chi connectivity index (χ3v) is 6.16. The minimum absolute atomic E-state index is 0. The number of benzene rings is 1. The zero-order chi connectivity index (χ0) is 15.6. The van der Waals surface area contributed by atoms with E-state index in [-0.39, 0.29) is 34.4 Å². The van der Waals surface area contributed by atoms with Crippen molar-refractivity contribution in [3.63, 3.8) is 0 Å². The second kappa shape index (κ2) is 7.62. The molecular formula is C14H19Cl2N3O2S. The smallest absolute Gasteiger partial charge is 0.244 e. The van der Waals surface area contributed by atoms with Crippen LogP contribution in [0.1, 0.15) is 31.7 Å². The summed E-state index contributed by atoms with van der Waals surface area (Å²) in [7, 11) is -3.70. The zero-order valence-electron chi connectivity index (χ0n) is 12.2. The Morgan fingerprint density at radius 3 is 2.68 bits per heavy atom. The van der Waals surface area contributed by atoms with E-state index in [1.165, 1.54) is 22.5 Å². The Labute approximate surface area is 142 Å². The van der Waals surface area contributed by atoms with E-state index in [9.17, 15) is 8.42 Å². The van der Waals surface area contributed by atoms with E-state index < -0.39 is 10.0 Å². The van der Waals surface area contributed by atoms with Gasteiger partial charge in [-0.15, -0.1) is 12.4 Å². The lowest BCUT2D eigenvalue weighted by molar-refractivity contribution is 0.227. The molecular weight excluding hydrogens is 345 g/mol. The first-order valence-electron chi connectivity index (χ1n) is 6.85. The minimum Gasteiger partial charge on any atom is -0.326 e. The van der Waals surface area contributed by atoms with Gasteiger partial charge in [0.2, 0.25) is 10.0 Å². The van der Waals surface area contributed by atoms with Crippen molar-refractivity contribution in [2.75, 3.05) is 6.54 Å². The SMILES string of the molecule is CC(N)C1CCCCN1S(=O)(=O)c1ccc(C#N)cc1Cl.Cl. The third kappa shape index (κ3) is 3.73. The molecule has 8 heteroatoms. The van der Waals surface area contributed by atoms with Crippen LogP contribution in [0.25, 0.3) is 0 Å². The maximum Gasteiger partial charge on any atom is 0.244 e. The molecule has 1 fully saturated rings. The summed E-state index contributed by atoms with van der Waals surface area (Å²) in [6, 6.07) is 5.72. The topological polar surface area (TPSA) is 87.2 Å². The molecule has 0 saturated carbocycles. The molecule has 0 amide bonds. The van der Waals surface area contributed by atoms with Gasteiger partial charge in [-0.3, -0.25) is 0 Å². The van der Waals surface area contributed by atoms with Gasteiger partial charge >= 0.3 is 0 Å². The van der Waals surface area contributed by atoms with Crippen molar-refractivity contribution >= 4 is 34.0 Å². The Balaban J connectivity index is 0.00000242. The van der Waals surface area contributed by atoms with Gasteiger partial charge in [0.25, 0.3) is 0 Å². The highest BCUT2D eigenvalue weighted by atomic mass is 35.5. The fourth-order valence-electron chi connectivity index (χ4n) is 2.66. The van der Waals surface area contributed by atoms with Crippen molar-refractivity contribution in [1.82, 2.24) is 4.31 Å². The van der Waals surface area contributed by atoms with Crippen LogP contribution in [0.3, 0.4) is 0 Å². The van der Waals surface area contributed by atoms with E-state index in [1.807, 2.05) is 13.0 Å². The van der Waals surface area contributed by atoms with E-state index >= 15 is 0 Å². The van der Waals surface area contributed by atoms with Gasteiger partial charge in [-0.2, -0.15) is 9.57 Å². The second-order valence-corrected chi connectivity index (χ2v) is 7.56. The molecule has 1 aliphatic heterocycles. The maximum absolute atomic E-state index is 12.8. The van der Waals surface area contributed by atoms with Crippen molar-refractivity contribution in [2.45, 2.75) is 43.2 Å². The Morgan fingerprint density at radius 1 is 1.45 bits per heavy atom. The van der Waals surface area contributed by atoms with Gasteiger partial charge in [-0.05, 0) is 38.0 Å². The number of nitrogens with zero attached hydrogens (tertiary/aromatic N) is 2. The van der Waals surface area contributed by atoms with E-state index in [0.717, 1.165) is 19.3 Å². The number of nitrogens with two attached hydrogens (primary N) is 1. The van der Waals surface area contributed by atoms with Gasteiger partial charge in [0.15, 0.2) is 0 Å². The van der Waals surface area contributed by atoms with Crippen molar-refractivity contribution in [2.24, 2.45) is 5.73 Å². The number of halogens is 2. The maximum atomic E-state index is 12.8. The Bertz CT molecular complexity index is 671. The molecule has 0 radical (unpaired) electrons. The van der Waals surface area contributed by atoms with Gasteiger partial charge in [-0.1, -0.05) is 18.0 Å². The Hall–Kier alpha value is -0.840. The van der Waals surface area contributed by atoms with Crippen LogP contribution < -0.4 is 5.73 Å². The quantitative estimate of drug-likeness (QED) is 0.893. The Morgan fingerprint density at radius 2 is 2.14 bits per heavy atom. The van der Waals surface area contributed by atoms with Crippen molar-refractivity contribution in [3.05, 3.63) is 28.8 Å². The molecule has 1 heterocycles. The molecule has 0 spiro atoms. The molecule has 1 aliphatic rings. The highest BCUT2D eigenvalue weighted by Gasteiger charge is 2.36. The Kier molecular flexibility index (Phi) is 6.65. The van der Waals surface area contributed by atoms with Gasteiger partial charge < -0.3 is 5.73 Å². The predicted molar refractivity (Wildman–Crippen MR) is 88.6 cm³/mol. The first-order valence-corrected chi connectivity index (χ1v) is 8.67. The molecule has 22 heavy (non-hydrogen) atoms. The predicted octanol–water partition coefficient (Wildman–Crippen LogP) is 2.52. The van der Waals surface area contributed by atoms with Crippen LogP contribution in [0, 0.1) is 11.3 Å². The molecule has 0 aromatic heterocycles. The van der Waals surface area contributed by atoms with Crippen molar-refractivity contribution < 1.29 is 8.42 Å². The minimum atomic E-state index is -3.70. The van der Waals surface area contributed by atoms with Crippen LogP contribution in [0.2, 0.25) is 5.02 Å². The molecule has 122 valence electrons. The lowest BCUT2D eigenvalue weighted by Crippen LogP contribution is -2.51. The lowest BCUT2D eigenvalue weighted by Gasteiger charge is -2.37. The first kappa shape index (κ1) is 19.2. The molecule has 5 nitrogen and oxygen atoms in total. The fourth-order valence-corrected chi connectivity index (χ4v) is 4.95. The second-order valence-electron chi connectivity index (χ2n) is 5.30. The number of sulfonamides is 1. The fraction of sp³-hybridized carbons (Fsp3) is 0.500. The molecule has 0 aliphatic carbocycles. The summed E-state index contributed by atoms with van der Waals surface area (Å²) in [4.78, 5) is 0.0377. The number of hydrogen-bond acceptors (Lipinski definition) is 4. The van der Waals surface area contributed by atoms with Gasteiger partial charge in [0, 0.05) is 18.6 Å². The average molecular weight is 364 g/mol. The summed E-state index contributed by atoms with van der Waals surface area (Å²) in [5.74, 6) is 0. The molecule has 2 unspecified atom stereocenters. The van der Waals surface area contributed by atoms with Crippen LogP contribution in [-0.4, -0.2) is 31.4 Å². The molecule has 1 aromatic rings. The van der Waals surface area contributed by atoms with Crippen LogP contribution >= 0.6 is 24.0 Å². The summed E-state index contributed by atoms with van der Waals surface area (Å²) < 4.78 is 27.1. The van der Waals surface area contributed by atoms with Gasteiger partial charge in [-0.25, -0.2) is 8.42 Å². The standard InChI is InChI=1S/C14H18ClN3O2S.ClH/c1-10(17)13-4-2-3-7-18(13)21(19,20)14-6-5-11(9-16)8-12(14)15;/h5-6,8,10,13H,2-4,7,17H2,1H3;1H. The lowest BCUT2D eigenvalue weighted by atomic mass is 10.00. The van der Waals surface area contributed by atoms with Gasteiger partial charge in [0.05, 0.1) is 16.7 Å².